The van der Waals surface area contributed by atoms with Crippen LogP contribution in [-0.2, 0) is 6.54 Å². The lowest BCUT2D eigenvalue weighted by Crippen LogP contribution is -2.37. The Labute approximate surface area is 172 Å². The number of fused-ring (bicyclic) bond motifs is 2. The number of amides is 2. The van der Waals surface area contributed by atoms with Crippen molar-refractivity contribution in [2.45, 2.75) is 52.6 Å². The summed E-state index contributed by atoms with van der Waals surface area (Å²) in [5, 5.41) is 0. The highest BCUT2D eigenvalue weighted by Crippen LogP contribution is 2.52. The predicted molar refractivity (Wildman–Crippen MR) is 112 cm³/mol. The van der Waals surface area contributed by atoms with Crippen LogP contribution in [-0.4, -0.2) is 41.2 Å². The summed E-state index contributed by atoms with van der Waals surface area (Å²) in [6, 6.07) is 11.4. The van der Waals surface area contributed by atoms with Crippen LogP contribution < -0.4 is 0 Å². The number of furan rings is 1. The Hall–Kier alpha value is -2.56. The van der Waals surface area contributed by atoms with Crippen molar-refractivity contribution in [2.24, 2.45) is 10.8 Å². The minimum absolute atomic E-state index is 0.128. The van der Waals surface area contributed by atoms with Gasteiger partial charge in [0.05, 0.1) is 6.26 Å². The quantitative estimate of drug-likeness (QED) is 0.762. The van der Waals surface area contributed by atoms with Crippen molar-refractivity contribution < 1.29 is 14.0 Å². The van der Waals surface area contributed by atoms with E-state index >= 15 is 0 Å². The Morgan fingerprint density at radius 2 is 1.86 bits per heavy atom. The molecule has 29 heavy (non-hydrogen) atoms. The Kier molecular flexibility index (Phi) is 4.80. The summed E-state index contributed by atoms with van der Waals surface area (Å²) in [4.78, 5) is 29.2. The zero-order chi connectivity index (χ0) is 20.8. The Bertz CT molecular complexity index is 901. The van der Waals surface area contributed by atoms with Gasteiger partial charge in [-0.1, -0.05) is 32.9 Å². The molecular formula is C24H30N2O3. The Morgan fingerprint density at radius 3 is 2.52 bits per heavy atom. The molecule has 0 spiro atoms. The zero-order valence-corrected chi connectivity index (χ0v) is 17.8. The number of carbonyl (C=O) groups excluding carboxylic acids is 2. The van der Waals surface area contributed by atoms with Gasteiger partial charge in [-0.05, 0) is 59.9 Å². The minimum atomic E-state index is -0.157. The summed E-state index contributed by atoms with van der Waals surface area (Å²) in [7, 11) is 1.75. The molecule has 2 unspecified atom stereocenters. The lowest BCUT2D eigenvalue weighted by atomic mass is 9.65. The molecule has 1 saturated carbocycles. The molecule has 2 amide bonds. The molecule has 0 N–H and O–H groups in total. The van der Waals surface area contributed by atoms with Crippen molar-refractivity contribution in [3.63, 3.8) is 0 Å². The molecule has 2 aromatic rings. The van der Waals surface area contributed by atoms with Crippen LogP contribution in [0.1, 0.15) is 66.5 Å². The van der Waals surface area contributed by atoms with E-state index in [0.717, 1.165) is 30.5 Å². The van der Waals surface area contributed by atoms with Gasteiger partial charge in [0.2, 0.25) is 0 Å². The number of likely N-dealkylation sites (tertiary alicyclic amines) is 1. The molecule has 5 nitrogen and oxygen atoms in total. The molecule has 2 atom stereocenters. The van der Waals surface area contributed by atoms with E-state index in [0.29, 0.717) is 23.8 Å². The highest BCUT2D eigenvalue weighted by Gasteiger charge is 2.50. The van der Waals surface area contributed by atoms with Crippen molar-refractivity contribution >= 4 is 11.8 Å². The van der Waals surface area contributed by atoms with Gasteiger partial charge in [-0.2, -0.15) is 0 Å². The third-order valence-electron chi connectivity index (χ3n) is 6.37. The first-order valence-corrected chi connectivity index (χ1v) is 10.3. The molecule has 2 aliphatic rings. The minimum Gasteiger partial charge on any atom is -0.459 e. The molecule has 2 bridgehead atoms. The van der Waals surface area contributed by atoms with Crippen molar-refractivity contribution in [2.75, 3.05) is 13.6 Å². The van der Waals surface area contributed by atoms with Gasteiger partial charge in [-0.3, -0.25) is 9.59 Å². The van der Waals surface area contributed by atoms with Crippen LogP contribution in [0.2, 0.25) is 0 Å². The highest BCUT2D eigenvalue weighted by molar-refractivity contribution is 5.95. The number of rotatable bonds is 4. The van der Waals surface area contributed by atoms with Crippen LogP contribution in [0.3, 0.4) is 0 Å². The number of nitrogens with zero attached hydrogens (tertiary/aromatic N) is 2. The van der Waals surface area contributed by atoms with Gasteiger partial charge in [0, 0.05) is 31.7 Å². The van der Waals surface area contributed by atoms with Gasteiger partial charge in [0.25, 0.3) is 11.8 Å². The fourth-order valence-electron chi connectivity index (χ4n) is 5.55. The van der Waals surface area contributed by atoms with Crippen LogP contribution >= 0.6 is 0 Å². The number of carbonyl (C=O) groups is 2. The van der Waals surface area contributed by atoms with E-state index in [-0.39, 0.29) is 17.2 Å². The molecule has 2 heterocycles. The fraction of sp³-hybridized carbons (Fsp3) is 0.500. The van der Waals surface area contributed by atoms with Crippen molar-refractivity contribution in [1.29, 1.82) is 0 Å². The van der Waals surface area contributed by atoms with E-state index in [9.17, 15) is 9.59 Å². The molecule has 1 aliphatic heterocycles. The lowest BCUT2D eigenvalue weighted by molar-refractivity contribution is 0.0706. The van der Waals surface area contributed by atoms with Crippen LogP contribution in [0.15, 0.2) is 47.1 Å². The molecule has 1 saturated heterocycles. The standard InChI is InChI=1S/C24H30N2O3/c1-23(2)12-19-13-24(3,15-23)16-26(19)21(27)18-9-7-17(8-10-18)14-25(4)22(28)20-6-5-11-29-20/h5-11,19H,12-16H2,1-4H3. The van der Waals surface area contributed by atoms with E-state index < -0.39 is 0 Å². The number of benzene rings is 1. The van der Waals surface area contributed by atoms with Crippen LogP contribution in [0, 0.1) is 10.8 Å². The molecule has 1 aromatic carbocycles. The maximum absolute atomic E-state index is 13.2. The van der Waals surface area contributed by atoms with Crippen LogP contribution in [0.5, 0.6) is 0 Å². The molecular weight excluding hydrogens is 364 g/mol. The summed E-state index contributed by atoms with van der Waals surface area (Å²) in [5.41, 5.74) is 2.23. The average Bonchev–Trinajstić information content (AvgIpc) is 3.26. The largest absolute Gasteiger partial charge is 0.459 e. The third-order valence-corrected chi connectivity index (χ3v) is 6.37. The zero-order valence-electron chi connectivity index (χ0n) is 17.8. The maximum atomic E-state index is 13.2. The summed E-state index contributed by atoms with van der Waals surface area (Å²) < 4.78 is 5.18. The van der Waals surface area contributed by atoms with Gasteiger partial charge in [0.1, 0.15) is 0 Å². The first kappa shape index (κ1) is 19.7. The highest BCUT2D eigenvalue weighted by atomic mass is 16.3. The lowest BCUT2D eigenvalue weighted by Gasteiger charge is -2.39. The summed E-state index contributed by atoms with van der Waals surface area (Å²) in [5.74, 6) is 0.300. The fourth-order valence-corrected chi connectivity index (χ4v) is 5.55. The molecule has 1 aliphatic carbocycles. The SMILES string of the molecule is CN(Cc1ccc(C(=O)N2CC3(C)CC2CC(C)(C)C3)cc1)C(=O)c1ccco1. The van der Waals surface area contributed by atoms with Gasteiger partial charge < -0.3 is 14.2 Å². The molecule has 4 rings (SSSR count). The van der Waals surface area contributed by atoms with Crippen molar-refractivity contribution in [1.82, 2.24) is 9.80 Å². The van der Waals surface area contributed by atoms with Crippen molar-refractivity contribution in [3.8, 4) is 0 Å². The molecule has 0 radical (unpaired) electrons. The van der Waals surface area contributed by atoms with Gasteiger partial charge in [-0.25, -0.2) is 0 Å². The van der Waals surface area contributed by atoms with E-state index in [1.54, 1.807) is 24.1 Å². The molecule has 2 fully saturated rings. The first-order chi connectivity index (χ1) is 13.7. The number of hydrogen-bond acceptors (Lipinski definition) is 3. The molecule has 154 valence electrons. The first-order valence-electron chi connectivity index (χ1n) is 10.3. The molecule has 1 aromatic heterocycles. The van der Waals surface area contributed by atoms with Crippen LogP contribution in [0.25, 0.3) is 0 Å². The topological polar surface area (TPSA) is 53.8 Å². The normalized spacial score (nSPS) is 25.1. The second-order valence-electron chi connectivity index (χ2n) is 9.98. The second kappa shape index (κ2) is 7.05. The van der Waals surface area contributed by atoms with Crippen LogP contribution in [0.4, 0.5) is 0 Å². The maximum Gasteiger partial charge on any atom is 0.289 e. The van der Waals surface area contributed by atoms with E-state index in [1.807, 2.05) is 24.3 Å². The number of hydrogen-bond donors (Lipinski definition) is 0. The monoisotopic (exact) mass is 394 g/mol. The average molecular weight is 395 g/mol. The van der Waals surface area contributed by atoms with E-state index in [1.165, 1.54) is 12.7 Å². The summed E-state index contributed by atoms with van der Waals surface area (Å²) >= 11 is 0. The Balaban J connectivity index is 1.43. The van der Waals surface area contributed by atoms with E-state index in [4.69, 9.17) is 4.42 Å². The summed E-state index contributed by atoms with van der Waals surface area (Å²) in [6.07, 6.45) is 4.86. The summed E-state index contributed by atoms with van der Waals surface area (Å²) in [6.45, 7) is 8.28. The van der Waals surface area contributed by atoms with Crippen molar-refractivity contribution in [3.05, 3.63) is 59.5 Å². The Morgan fingerprint density at radius 1 is 1.14 bits per heavy atom. The molecule has 5 heteroatoms. The van der Waals surface area contributed by atoms with E-state index in [2.05, 4.69) is 25.7 Å². The van der Waals surface area contributed by atoms with Gasteiger partial charge in [0.15, 0.2) is 5.76 Å². The van der Waals surface area contributed by atoms with Gasteiger partial charge >= 0.3 is 0 Å². The smallest absolute Gasteiger partial charge is 0.289 e. The second-order valence-corrected chi connectivity index (χ2v) is 9.98. The predicted octanol–water partition coefficient (Wildman–Crippen LogP) is 4.59. The third kappa shape index (κ3) is 3.96. The van der Waals surface area contributed by atoms with Gasteiger partial charge in [-0.15, -0.1) is 0 Å².